The van der Waals surface area contributed by atoms with Gasteiger partial charge in [0.1, 0.15) is 0 Å². The molecule has 0 atom stereocenters. The molecule has 0 spiro atoms. The van der Waals surface area contributed by atoms with Crippen molar-refractivity contribution in [1.82, 2.24) is 14.9 Å². The van der Waals surface area contributed by atoms with Crippen molar-refractivity contribution in [2.45, 2.75) is 19.9 Å². The Bertz CT molecular complexity index is 471. The summed E-state index contributed by atoms with van der Waals surface area (Å²) in [5.41, 5.74) is 2.43. The van der Waals surface area contributed by atoms with E-state index in [1.54, 1.807) is 0 Å². The van der Waals surface area contributed by atoms with Crippen molar-refractivity contribution in [3.63, 3.8) is 0 Å². The van der Waals surface area contributed by atoms with E-state index in [9.17, 15) is 0 Å². The topological polar surface area (TPSA) is 29.3 Å². The molecule has 0 unspecified atom stereocenters. The molecular formula is C13H17N3. The quantitative estimate of drug-likeness (QED) is 0.613. The van der Waals surface area contributed by atoms with E-state index in [4.69, 9.17) is 0 Å². The van der Waals surface area contributed by atoms with Gasteiger partial charge in [0.05, 0.1) is 11.7 Å². The number of rotatable bonds is 5. The first kappa shape index (κ1) is 10.9. The van der Waals surface area contributed by atoms with Gasteiger partial charge in [0, 0.05) is 18.3 Å². The Morgan fingerprint density at radius 1 is 1.44 bits per heavy atom. The molecule has 2 heterocycles. The molecule has 3 nitrogen and oxygen atoms in total. The monoisotopic (exact) mass is 215 g/mol. The zero-order valence-electron chi connectivity index (χ0n) is 9.56. The Morgan fingerprint density at radius 2 is 2.38 bits per heavy atom. The lowest BCUT2D eigenvalue weighted by atomic mass is 10.2. The Kier molecular flexibility index (Phi) is 3.72. The summed E-state index contributed by atoms with van der Waals surface area (Å²) in [5, 5.41) is 7.71. The van der Waals surface area contributed by atoms with Crippen molar-refractivity contribution in [2.75, 3.05) is 6.54 Å². The fourth-order valence-electron chi connectivity index (χ4n) is 1.70. The second-order valence-electron chi connectivity index (χ2n) is 3.73. The van der Waals surface area contributed by atoms with Gasteiger partial charge in [-0.25, -0.2) is 4.52 Å². The van der Waals surface area contributed by atoms with Crippen molar-refractivity contribution in [1.29, 1.82) is 0 Å². The predicted octanol–water partition coefficient (Wildman–Crippen LogP) is 2.39. The van der Waals surface area contributed by atoms with E-state index < -0.39 is 0 Å². The SMILES string of the molecule is C/C=C/CCNCc1cnn2ccccc12. The maximum absolute atomic E-state index is 4.30. The first-order chi connectivity index (χ1) is 7.92. The number of pyridine rings is 1. The van der Waals surface area contributed by atoms with Crippen LogP contribution in [0, 0.1) is 0 Å². The van der Waals surface area contributed by atoms with E-state index >= 15 is 0 Å². The highest BCUT2D eigenvalue weighted by atomic mass is 15.2. The average molecular weight is 215 g/mol. The fraction of sp³-hybridized carbons (Fsp3) is 0.308. The molecule has 0 aliphatic rings. The summed E-state index contributed by atoms with van der Waals surface area (Å²) in [7, 11) is 0. The molecule has 16 heavy (non-hydrogen) atoms. The third kappa shape index (κ3) is 2.49. The van der Waals surface area contributed by atoms with Gasteiger partial charge in [-0.2, -0.15) is 5.10 Å². The Labute approximate surface area is 95.8 Å². The lowest BCUT2D eigenvalue weighted by Crippen LogP contribution is -2.13. The molecule has 0 bridgehead atoms. The number of hydrogen-bond acceptors (Lipinski definition) is 2. The molecule has 84 valence electrons. The van der Waals surface area contributed by atoms with Crippen LogP contribution in [0.3, 0.4) is 0 Å². The lowest BCUT2D eigenvalue weighted by molar-refractivity contribution is 0.698. The Morgan fingerprint density at radius 3 is 3.25 bits per heavy atom. The van der Waals surface area contributed by atoms with Crippen molar-refractivity contribution in [3.8, 4) is 0 Å². The van der Waals surface area contributed by atoms with Crippen LogP contribution >= 0.6 is 0 Å². The maximum atomic E-state index is 4.30. The summed E-state index contributed by atoms with van der Waals surface area (Å²) in [5.74, 6) is 0. The van der Waals surface area contributed by atoms with Crippen LogP contribution in [-0.4, -0.2) is 16.2 Å². The lowest BCUT2D eigenvalue weighted by Gasteiger charge is -2.01. The molecule has 0 radical (unpaired) electrons. The van der Waals surface area contributed by atoms with Crippen molar-refractivity contribution >= 4 is 5.52 Å². The molecule has 0 amide bonds. The number of hydrogen-bond donors (Lipinski definition) is 1. The van der Waals surface area contributed by atoms with Gasteiger partial charge in [0.25, 0.3) is 0 Å². The van der Waals surface area contributed by atoms with E-state index in [-0.39, 0.29) is 0 Å². The molecule has 0 aliphatic carbocycles. The molecular weight excluding hydrogens is 198 g/mol. The summed E-state index contributed by atoms with van der Waals surface area (Å²) < 4.78 is 1.91. The van der Waals surface area contributed by atoms with Crippen molar-refractivity contribution in [2.24, 2.45) is 0 Å². The highest BCUT2D eigenvalue weighted by Gasteiger charge is 2.01. The minimum atomic E-state index is 0.880. The Hall–Kier alpha value is -1.61. The van der Waals surface area contributed by atoms with E-state index in [1.807, 2.05) is 36.0 Å². The fourth-order valence-corrected chi connectivity index (χ4v) is 1.70. The molecule has 2 aromatic heterocycles. The van der Waals surface area contributed by atoms with E-state index in [2.05, 4.69) is 28.6 Å². The van der Waals surface area contributed by atoms with Crippen molar-refractivity contribution in [3.05, 3.63) is 48.3 Å². The molecule has 0 fully saturated rings. The third-order valence-electron chi connectivity index (χ3n) is 2.55. The van der Waals surface area contributed by atoms with Crippen LogP contribution in [0.5, 0.6) is 0 Å². The van der Waals surface area contributed by atoms with E-state index in [0.29, 0.717) is 0 Å². The van der Waals surface area contributed by atoms with Gasteiger partial charge in [-0.1, -0.05) is 18.2 Å². The van der Waals surface area contributed by atoms with E-state index in [1.165, 1.54) is 11.1 Å². The normalized spacial score (nSPS) is 11.6. The standard InChI is InChI=1S/C13H17N3/c1-2-3-5-8-14-10-12-11-15-16-9-6-4-7-13(12)16/h2-4,6-7,9,11,14H,5,8,10H2,1H3/b3-2+. The predicted molar refractivity (Wildman–Crippen MR) is 66.3 cm³/mol. The van der Waals surface area contributed by atoms with E-state index in [0.717, 1.165) is 19.5 Å². The highest BCUT2D eigenvalue weighted by molar-refractivity contribution is 5.53. The summed E-state index contributed by atoms with van der Waals surface area (Å²) >= 11 is 0. The van der Waals surface area contributed by atoms with Crippen LogP contribution < -0.4 is 5.32 Å². The molecule has 0 aliphatic heterocycles. The summed E-state index contributed by atoms with van der Waals surface area (Å²) in [6.07, 6.45) is 9.23. The average Bonchev–Trinajstić information content (AvgIpc) is 2.73. The van der Waals surface area contributed by atoms with Gasteiger partial charge in [-0.15, -0.1) is 0 Å². The van der Waals surface area contributed by atoms with Crippen LogP contribution in [-0.2, 0) is 6.54 Å². The minimum absolute atomic E-state index is 0.880. The van der Waals surface area contributed by atoms with Gasteiger partial charge in [0.2, 0.25) is 0 Å². The second-order valence-corrected chi connectivity index (χ2v) is 3.73. The molecule has 3 heteroatoms. The number of nitrogens with one attached hydrogen (secondary N) is 1. The summed E-state index contributed by atoms with van der Waals surface area (Å²) in [6, 6.07) is 6.12. The zero-order chi connectivity index (χ0) is 11.2. The van der Waals surface area contributed by atoms with Gasteiger partial charge in [-0.05, 0) is 32.0 Å². The van der Waals surface area contributed by atoms with Crippen LogP contribution in [0.15, 0.2) is 42.7 Å². The molecule has 2 aromatic rings. The summed E-state index contributed by atoms with van der Waals surface area (Å²) in [6.45, 7) is 3.94. The highest BCUT2D eigenvalue weighted by Crippen LogP contribution is 2.08. The minimum Gasteiger partial charge on any atom is -0.312 e. The molecule has 1 N–H and O–H groups in total. The van der Waals surface area contributed by atoms with Crippen molar-refractivity contribution < 1.29 is 0 Å². The van der Waals surface area contributed by atoms with Gasteiger partial charge < -0.3 is 5.32 Å². The maximum Gasteiger partial charge on any atom is 0.0706 e. The largest absolute Gasteiger partial charge is 0.312 e. The first-order valence-corrected chi connectivity index (χ1v) is 5.65. The molecule has 2 rings (SSSR count). The number of allylic oxidation sites excluding steroid dienone is 1. The van der Waals surface area contributed by atoms with Crippen LogP contribution in [0.4, 0.5) is 0 Å². The smallest absolute Gasteiger partial charge is 0.0706 e. The van der Waals surface area contributed by atoms with Gasteiger partial charge in [-0.3, -0.25) is 0 Å². The number of aromatic nitrogens is 2. The van der Waals surface area contributed by atoms with Crippen LogP contribution in [0.1, 0.15) is 18.9 Å². The molecule has 0 saturated carbocycles. The van der Waals surface area contributed by atoms with Crippen LogP contribution in [0.2, 0.25) is 0 Å². The third-order valence-corrected chi connectivity index (χ3v) is 2.55. The second kappa shape index (κ2) is 5.47. The number of nitrogens with zero attached hydrogens (tertiary/aromatic N) is 2. The number of fused-ring (bicyclic) bond motifs is 1. The van der Waals surface area contributed by atoms with Gasteiger partial charge in [0.15, 0.2) is 0 Å². The molecule has 0 saturated heterocycles. The Balaban J connectivity index is 1.94. The summed E-state index contributed by atoms with van der Waals surface area (Å²) in [4.78, 5) is 0. The first-order valence-electron chi connectivity index (χ1n) is 5.65. The molecule has 0 aromatic carbocycles. The zero-order valence-corrected chi connectivity index (χ0v) is 9.56. The van der Waals surface area contributed by atoms with Gasteiger partial charge >= 0.3 is 0 Å². The van der Waals surface area contributed by atoms with Crippen LogP contribution in [0.25, 0.3) is 5.52 Å².